The van der Waals surface area contributed by atoms with Crippen LogP contribution in [0.2, 0.25) is 10.0 Å². The molecule has 21 heavy (non-hydrogen) atoms. The normalized spacial score (nSPS) is 20.2. The second-order valence-electron chi connectivity index (χ2n) is 5.48. The molecule has 1 saturated heterocycles. The van der Waals surface area contributed by atoms with Crippen molar-refractivity contribution in [1.29, 1.82) is 0 Å². The Balaban J connectivity index is 1.94. The van der Waals surface area contributed by atoms with Gasteiger partial charge in [-0.15, -0.1) is 0 Å². The fraction of sp³-hybridized carbons (Fsp3) is 0.533. The van der Waals surface area contributed by atoms with Crippen molar-refractivity contribution >= 4 is 29.1 Å². The Morgan fingerprint density at radius 3 is 2.90 bits per heavy atom. The largest absolute Gasteiger partial charge is 0.489 e. The molecule has 0 spiro atoms. The van der Waals surface area contributed by atoms with Gasteiger partial charge in [0.05, 0.1) is 16.6 Å². The maximum atomic E-state index is 12.1. The van der Waals surface area contributed by atoms with Gasteiger partial charge in [-0.25, -0.2) is 0 Å². The van der Waals surface area contributed by atoms with Gasteiger partial charge < -0.3 is 15.4 Å². The number of piperidine rings is 1. The molecule has 0 bridgehead atoms. The van der Waals surface area contributed by atoms with Gasteiger partial charge >= 0.3 is 0 Å². The Morgan fingerprint density at radius 2 is 2.24 bits per heavy atom. The highest BCUT2D eigenvalue weighted by Crippen LogP contribution is 2.28. The lowest BCUT2D eigenvalue weighted by Crippen LogP contribution is -2.45. The van der Waals surface area contributed by atoms with Crippen LogP contribution in [0.4, 0.5) is 0 Å². The number of ether oxygens (including phenoxy) is 1. The van der Waals surface area contributed by atoms with Crippen LogP contribution in [0.5, 0.6) is 5.75 Å². The first-order chi connectivity index (χ1) is 9.95. The van der Waals surface area contributed by atoms with E-state index < -0.39 is 0 Å². The van der Waals surface area contributed by atoms with E-state index in [1.54, 1.807) is 18.2 Å². The van der Waals surface area contributed by atoms with Gasteiger partial charge in [0.1, 0.15) is 11.9 Å². The molecule has 1 aliphatic rings. The van der Waals surface area contributed by atoms with Crippen LogP contribution in [0, 0.1) is 0 Å². The summed E-state index contributed by atoms with van der Waals surface area (Å²) in [6, 6.07) is 5.08. The van der Waals surface area contributed by atoms with Crippen LogP contribution in [-0.2, 0) is 4.79 Å². The summed E-state index contributed by atoms with van der Waals surface area (Å²) in [7, 11) is 0. The first-order valence-electron chi connectivity index (χ1n) is 7.10. The van der Waals surface area contributed by atoms with Crippen LogP contribution in [0.3, 0.4) is 0 Å². The average Bonchev–Trinajstić information content (AvgIpc) is 2.42. The van der Waals surface area contributed by atoms with Gasteiger partial charge in [0.2, 0.25) is 5.91 Å². The molecule has 1 aromatic carbocycles. The van der Waals surface area contributed by atoms with Gasteiger partial charge in [0.25, 0.3) is 0 Å². The summed E-state index contributed by atoms with van der Waals surface area (Å²) in [6.45, 7) is 3.20. The first kappa shape index (κ1) is 16.4. The Bertz CT molecular complexity index is 508. The maximum Gasteiger partial charge on any atom is 0.224 e. The van der Waals surface area contributed by atoms with Gasteiger partial charge in [-0.05, 0) is 31.9 Å². The van der Waals surface area contributed by atoms with Crippen molar-refractivity contribution in [2.24, 2.45) is 5.73 Å². The summed E-state index contributed by atoms with van der Waals surface area (Å²) >= 11 is 11.9. The fourth-order valence-corrected chi connectivity index (χ4v) is 2.70. The third-order valence-corrected chi connectivity index (χ3v) is 4.16. The minimum absolute atomic E-state index is 0.0203. The van der Waals surface area contributed by atoms with Crippen LogP contribution in [0.1, 0.15) is 26.2 Å². The predicted molar refractivity (Wildman–Crippen MR) is 85.0 cm³/mol. The highest BCUT2D eigenvalue weighted by Gasteiger charge is 2.25. The molecule has 0 radical (unpaired) electrons. The molecule has 1 fully saturated rings. The number of halogens is 2. The molecule has 4 nitrogen and oxygen atoms in total. The lowest BCUT2D eigenvalue weighted by atomic mass is 10.1. The number of hydrogen-bond acceptors (Lipinski definition) is 3. The number of likely N-dealkylation sites (tertiary alicyclic amines) is 1. The topological polar surface area (TPSA) is 55.6 Å². The van der Waals surface area contributed by atoms with E-state index in [1.807, 2.05) is 11.8 Å². The quantitative estimate of drug-likeness (QED) is 0.922. The number of hydrogen-bond donors (Lipinski definition) is 1. The van der Waals surface area contributed by atoms with Crippen molar-refractivity contribution in [3.8, 4) is 5.75 Å². The summed E-state index contributed by atoms with van der Waals surface area (Å²) in [5.41, 5.74) is 5.68. The smallest absolute Gasteiger partial charge is 0.224 e. The van der Waals surface area contributed by atoms with Crippen molar-refractivity contribution in [3.05, 3.63) is 28.2 Å². The second-order valence-corrected chi connectivity index (χ2v) is 6.29. The molecule has 6 heteroatoms. The van der Waals surface area contributed by atoms with Crippen molar-refractivity contribution in [2.45, 2.75) is 38.3 Å². The van der Waals surface area contributed by atoms with Crippen LogP contribution in [0.25, 0.3) is 0 Å². The monoisotopic (exact) mass is 330 g/mol. The molecule has 1 heterocycles. The number of nitrogens with zero attached hydrogens (tertiary/aromatic N) is 1. The molecule has 0 aliphatic carbocycles. The van der Waals surface area contributed by atoms with Gasteiger partial charge in [-0.3, -0.25) is 4.79 Å². The Morgan fingerprint density at radius 1 is 1.48 bits per heavy atom. The maximum absolute atomic E-state index is 12.1. The first-order valence-corrected chi connectivity index (χ1v) is 7.86. The van der Waals surface area contributed by atoms with Gasteiger partial charge in [0, 0.05) is 25.1 Å². The van der Waals surface area contributed by atoms with Crippen molar-refractivity contribution in [2.75, 3.05) is 13.1 Å². The molecule has 1 amide bonds. The third kappa shape index (κ3) is 4.77. The number of benzene rings is 1. The summed E-state index contributed by atoms with van der Waals surface area (Å²) in [5, 5.41) is 0.969. The van der Waals surface area contributed by atoms with Crippen molar-refractivity contribution in [3.63, 3.8) is 0 Å². The highest BCUT2D eigenvalue weighted by atomic mass is 35.5. The number of carbonyl (C=O) groups excluding carboxylic acids is 1. The van der Waals surface area contributed by atoms with Crippen LogP contribution < -0.4 is 10.5 Å². The number of rotatable bonds is 4. The minimum Gasteiger partial charge on any atom is -0.489 e. The molecule has 2 atom stereocenters. The molecule has 1 aromatic rings. The molecule has 2 rings (SSSR count). The zero-order chi connectivity index (χ0) is 15.4. The van der Waals surface area contributed by atoms with Crippen molar-refractivity contribution < 1.29 is 9.53 Å². The van der Waals surface area contributed by atoms with Gasteiger partial charge in [-0.1, -0.05) is 23.2 Å². The zero-order valence-corrected chi connectivity index (χ0v) is 13.5. The zero-order valence-electron chi connectivity index (χ0n) is 12.0. The van der Waals surface area contributed by atoms with E-state index in [9.17, 15) is 4.79 Å². The second kappa shape index (κ2) is 7.34. The van der Waals surface area contributed by atoms with E-state index in [0.29, 0.717) is 28.8 Å². The van der Waals surface area contributed by atoms with Gasteiger partial charge in [-0.2, -0.15) is 0 Å². The lowest BCUT2D eigenvalue weighted by molar-refractivity contribution is -0.134. The van der Waals surface area contributed by atoms with Crippen LogP contribution in [0.15, 0.2) is 18.2 Å². The SMILES string of the molecule is CC(N)CC(=O)N1CCCC(Oc2ccc(Cl)c(Cl)c2)C1. The number of nitrogens with two attached hydrogens (primary N) is 1. The summed E-state index contributed by atoms with van der Waals surface area (Å²) in [6.07, 6.45) is 2.20. The number of amides is 1. The average molecular weight is 331 g/mol. The third-order valence-electron chi connectivity index (χ3n) is 3.42. The standard InChI is InChI=1S/C15H20Cl2N2O2/c1-10(18)7-15(20)19-6-2-3-12(9-19)21-11-4-5-13(16)14(17)8-11/h4-5,8,10,12H,2-3,6-7,9,18H2,1H3. The number of carbonyl (C=O) groups is 1. The summed E-state index contributed by atoms with van der Waals surface area (Å²) in [4.78, 5) is 13.9. The molecule has 0 saturated carbocycles. The van der Waals surface area contributed by atoms with E-state index in [0.717, 1.165) is 19.4 Å². The fourth-order valence-electron chi connectivity index (χ4n) is 2.41. The van der Waals surface area contributed by atoms with Crippen LogP contribution >= 0.6 is 23.2 Å². The molecule has 0 aromatic heterocycles. The van der Waals surface area contributed by atoms with Crippen molar-refractivity contribution in [1.82, 2.24) is 4.90 Å². The summed E-state index contributed by atoms with van der Waals surface area (Å²) in [5.74, 6) is 0.767. The lowest BCUT2D eigenvalue weighted by Gasteiger charge is -2.33. The Kier molecular flexibility index (Phi) is 5.73. The van der Waals surface area contributed by atoms with Crippen LogP contribution in [-0.4, -0.2) is 36.0 Å². The molecule has 1 aliphatic heterocycles. The minimum atomic E-state index is -0.117. The molecule has 2 N–H and O–H groups in total. The highest BCUT2D eigenvalue weighted by molar-refractivity contribution is 6.42. The van der Waals surface area contributed by atoms with E-state index in [-0.39, 0.29) is 18.1 Å². The van der Waals surface area contributed by atoms with E-state index in [2.05, 4.69) is 0 Å². The molecule has 2 unspecified atom stereocenters. The van der Waals surface area contributed by atoms with E-state index in [4.69, 9.17) is 33.7 Å². The molecular formula is C15H20Cl2N2O2. The summed E-state index contributed by atoms with van der Waals surface area (Å²) < 4.78 is 5.91. The predicted octanol–water partition coefficient (Wildman–Crippen LogP) is 3.10. The molecular weight excluding hydrogens is 311 g/mol. The van der Waals surface area contributed by atoms with E-state index in [1.165, 1.54) is 0 Å². The Hall–Kier alpha value is -0.970. The van der Waals surface area contributed by atoms with Gasteiger partial charge in [0.15, 0.2) is 0 Å². The molecule has 116 valence electrons. The Labute approximate surface area is 135 Å². The van der Waals surface area contributed by atoms with E-state index >= 15 is 0 Å².